The first-order valence-electron chi connectivity index (χ1n) is 10.1. The summed E-state index contributed by atoms with van der Waals surface area (Å²) in [5, 5.41) is 3.40. The van der Waals surface area contributed by atoms with Crippen LogP contribution >= 0.6 is 23.1 Å². The van der Waals surface area contributed by atoms with Crippen LogP contribution in [0.15, 0.2) is 29.2 Å². The molecular formula is C22H24N2O4S2. The number of para-hydroxylation sites is 1. The van der Waals surface area contributed by atoms with Crippen LogP contribution in [0.5, 0.6) is 0 Å². The number of hydrogen-bond acceptors (Lipinski definition) is 6. The average Bonchev–Trinajstić information content (AvgIpc) is 3.10. The number of amides is 2. The van der Waals surface area contributed by atoms with E-state index in [2.05, 4.69) is 5.32 Å². The van der Waals surface area contributed by atoms with Gasteiger partial charge in [-0.2, -0.15) is 0 Å². The number of fused-ring (bicyclic) bond motifs is 2. The average molecular weight is 445 g/mol. The zero-order valence-corrected chi connectivity index (χ0v) is 18.9. The van der Waals surface area contributed by atoms with Crippen molar-refractivity contribution >= 4 is 51.6 Å². The quantitative estimate of drug-likeness (QED) is 0.563. The van der Waals surface area contributed by atoms with Crippen LogP contribution in [0.2, 0.25) is 0 Å². The summed E-state index contributed by atoms with van der Waals surface area (Å²) in [5.41, 5.74) is 2.22. The van der Waals surface area contributed by atoms with Crippen molar-refractivity contribution in [1.29, 1.82) is 0 Å². The van der Waals surface area contributed by atoms with Crippen molar-refractivity contribution in [3.05, 3.63) is 40.3 Å². The van der Waals surface area contributed by atoms with Crippen molar-refractivity contribution < 1.29 is 19.1 Å². The number of hydrogen-bond donors (Lipinski definition) is 1. The summed E-state index contributed by atoms with van der Waals surface area (Å²) in [7, 11) is 1.68. The second-order valence-electron chi connectivity index (χ2n) is 7.56. The fourth-order valence-corrected chi connectivity index (χ4v) is 6.49. The van der Waals surface area contributed by atoms with Crippen LogP contribution in [-0.2, 0) is 27.2 Å². The predicted molar refractivity (Wildman–Crippen MR) is 120 cm³/mol. The van der Waals surface area contributed by atoms with Crippen LogP contribution in [0, 0.1) is 0 Å². The number of nitrogens with zero attached hydrogens (tertiary/aromatic N) is 1. The van der Waals surface area contributed by atoms with E-state index in [1.54, 1.807) is 20.9 Å². The number of anilines is 2. The van der Waals surface area contributed by atoms with Gasteiger partial charge >= 0.3 is 5.97 Å². The first-order chi connectivity index (χ1) is 14.4. The van der Waals surface area contributed by atoms with E-state index in [1.165, 1.54) is 28.0 Å². The monoisotopic (exact) mass is 444 g/mol. The Morgan fingerprint density at radius 3 is 2.73 bits per heavy atom. The molecule has 4 rings (SSSR count). The zero-order chi connectivity index (χ0) is 21.5. The highest BCUT2D eigenvalue weighted by Gasteiger charge is 2.48. The van der Waals surface area contributed by atoms with Crippen LogP contribution in [0.1, 0.15) is 47.5 Å². The Labute approximate surface area is 184 Å². The Bertz CT molecular complexity index is 1030. The number of ether oxygens (including phenoxy) is 1. The smallest absolute Gasteiger partial charge is 0.341 e. The molecule has 30 heavy (non-hydrogen) atoms. The molecule has 0 spiro atoms. The van der Waals surface area contributed by atoms with E-state index < -0.39 is 16.6 Å². The Hall–Kier alpha value is -2.32. The highest BCUT2D eigenvalue weighted by Crippen LogP contribution is 2.46. The number of rotatable bonds is 4. The van der Waals surface area contributed by atoms with Crippen LogP contribution in [0.25, 0.3) is 0 Å². The molecule has 1 atom stereocenters. The molecule has 2 heterocycles. The van der Waals surface area contributed by atoms with Gasteiger partial charge in [0.2, 0.25) is 0 Å². The molecule has 1 aromatic heterocycles. The molecule has 8 heteroatoms. The summed E-state index contributed by atoms with van der Waals surface area (Å²) < 4.78 is 3.93. The van der Waals surface area contributed by atoms with Gasteiger partial charge in [0.25, 0.3) is 11.8 Å². The maximum Gasteiger partial charge on any atom is 0.341 e. The van der Waals surface area contributed by atoms with E-state index in [-0.39, 0.29) is 12.5 Å². The summed E-state index contributed by atoms with van der Waals surface area (Å²) in [5.74, 6) is -1.13. The largest absolute Gasteiger partial charge is 0.462 e. The Kier molecular flexibility index (Phi) is 5.63. The predicted octanol–water partition coefficient (Wildman–Crippen LogP) is 4.27. The fraction of sp³-hybridized carbons (Fsp3) is 0.409. The summed E-state index contributed by atoms with van der Waals surface area (Å²) in [6.45, 7) is 3.67. The molecule has 158 valence electrons. The maximum atomic E-state index is 13.4. The molecule has 2 aliphatic rings. The van der Waals surface area contributed by atoms with E-state index in [9.17, 15) is 14.4 Å². The standard InChI is InChI=1S/C22H24N2O4S2/c1-4-28-19(25)17-13-9-5-7-11-15(13)29-18(17)23-20(26)22(2)21(27)24(3)14-10-6-8-12-16(14)30-22/h6,8,10,12H,4-5,7,9,11H2,1-3H3,(H,23,26). The second kappa shape index (κ2) is 8.07. The van der Waals surface area contributed by atoms with Gasteiger partial charge in [0, 0.05) is 16.8 Å². The Balaban J connectivity index is 1.68. The van der Waals surface area contributed by atoms with E-state index >= 15 is 0 Å². The molecule has 0 saturated heterocycles. The molecule has 0 bridgehead atoms. The minimum Gasteiger partial charge on any atom is -0.462 e. The van der Waals surface area contributed by atoms with Gasteiger partial charge < -0.3 is 15.0 Å². The third-order valence-corrected chi connectivity index (χ3v) is 8.11. The number of aryl methyl sites for hydroxylation is 1. The molecule has 1 N–H and O–H groups in total. The van der Waals surface area contributed by atoms with Gasteiger partial charge in [0.1, 0.15) is 5.00 Å². The van der Waals surface area contributed by atoms with Crippen molar-refractivity contribution in [3.63, 3.8) is 0 Å². The third-order valence-electron chi connectivity index (χ3n) is 5.56. The van der Waals surface area contributed by atoms with Gasteiger partial charge in [-0.3, -0.25) is 9.59 Å². The van der Waals surface area contributed by atoms with E-state index in [0.717, 1.165) is 46.7 Å². The normalized spacial score (nSPS) is 20.4. The number of carbonyl (C=O) groups excluding carboxylic acids is 3. The lowest BCUT2D eigenvalue weighted by molar-refractivity contribution is -0.128. The first-order valence-corrected chi connectivity index (χ1v) is 11.7. The summed E-state index contributed by atoms with van der Waals surface area (Å²) in [6.07, 6.45) is 3.77. The highest BCUT2D eigenvalue weighted by molar-refractivity contribution is 8.02. The number of esters is 1. The van der Waals surface area contributed by atoms with Gasteiger partial charge in [-0.05, 0) is 57.2 Å². The number of thioether (sulfide) groups is 1. The van der Waals surface area contributed by atoms with E-state index in [4.69, 9.17) is 4.74 Å². The van der Waals surface area contributed by atoms with Crippen molar-refractivity contribution in [1.82, 2.24) is 0 Å². The van der Waals surface area contributed by atoms with Gasteiger partial charge in [-0.25, -0.2) is 4.79 Å². The number of benzene rings is 1. The molecule has 0 fully saturated rings. The molecule has 0 saturated carbocycles. The summed E-state index contributed by atoms with van der Waals surface area (Å²) in [6, 6.07) is 7.53. The van der Waals surface area contributed by atoms with E-state index in [0.29, 0.717) is 10.6 Å². The molecule has 1 aromatic carbocycles. The van der Waals surface area contributed by atoms with Gasteiger partial charge in [0.15, 0.2) is 4.75 Å². The lowest BCUT2D eigenvalue weighted by Gasteiger charge is -2.36. The molecule has 1 aliphatic heterocycles. The molecule has 1 aliphatic carbocycles. The van der Waals surface area contributed by atoms with Gasteiger partial charge in [0.05, 0.1) is 17.9 Å². The molecule has 0 radical (unpaired) electrons. The number of nitrogens with one attached hydrogen (secondary N) is 1. The van der Waals surface area contributed by atoms with Crippen LogP contribution in [-0.4, -0.2) is 36.2 Å². The molecule has 6 nitrogen and oxygen atoms in total. The molecular weight excluding hydrogens is 420 g/mol. The number of carbonyl (C=O) groups is 3. The number of thiophene rings is 1. The van der Waals surface area contributed by atoms with Crippen molar-refractivity contribution in [3.8, 4) is 0 Å². The summed E-state index contributed by atoms with van der Waals surface area (Å²) in [4.78, 5) is 42.7. The van der Waals surface area contributed by atoms with Crippen molar-refractivity contribution in [2.45, 2.75) is 49.2 Å². The zero-order valence-electron chi connectivity index (χ0n) is 17.2. The van der Waals surface area contributed by atoms with E-state index in [1.807, 2.05) is 24.3 Å². The first kappa shape index (κ1) is 20.9. The van der Waals surface area contributed by atoms with Crippen molar-refractivity contribution in [2.24, 2.45) is 0 Å². The topological polar surface area (TPSA) is 75.7 Å². The maximum absolute atomic E-state index is 13.4. The Morgan fingerprint density at radius 2 is 1.97 bits per heavy atom. The van der Waals surface area contributed by atoms with Crippen LogP contribution in [0.3, 0.4) is 0 Å². The van der Waals surface area contributed by atoms with Crippen LogP contribution < -0.4 is 10.2 Å². The molecule has 2 aromatic rings. The Morgan fingerprint density at radius 1 is 1.23 bits per heavy atom. The van der Waals surface area contributed by atoms with Crippen LogP contribution in [0.4, 0.5) is 10.7 Å². The third kappa shape index (κ3) is 3.41. The fourth-order valence-electron chi connectivity index (χ4n) is 3.95. The minimum absolute atomic E-state index is 0.268. The SMILES string of the molecule is CCOC(=O)c1c(NC(=O)C2(C)Sc3ccccc3N(C)C2=O)sc2c1CCCC2. The van der Waals surface area contributed by atoms with Crippen molar-refractivity contribution in [2.75, 3.05) is 23.9 Å². The molecule has 1 unspecified atom stereocenters. The highest BCUT2D eigenvalue weighted by atomic mass is 32.2. The molecule has 2 amide bonds. The minimum atomic E-state index is -1.33. The lowest BCUT2D eigenvalue weighted by atomic mass is 9.95. The van der Waals surface area contributed by atoms with Gasteiger partial charge in [-0.1, -0.05) is 23.9 Å². The van der Waals surface area contributed by atoms with Gasteiger partial charge in [-0.15, -0.1) is 11.3 Å². The second-order valence-corrected chi connectivity index (χ2v) is 10.1. The lowest BCUT2D eigenvalue weighted by Crippen LogP contribution is -2.53. The summed E-state index contributed by atoms with van der Waals surface area (Å²) >= 11 is 2.67.